The molecule has 1 amide bonds. The molecular formula is C46H82NO12P. The molecule has 13 nitrogen and oxygen atoms in total. The second-order valence-corrected chi connectivity index (χ2v) is 17.5. The summed E-state index contributed by atoms with van der Waals surface area (Å²) >= 11 is 0. The molecule has 1 rings (SSSR count). The van der Waals surface area contributed by atoms with Crippen molar-refractivity contribution in [2.45, 2.75) is 216 Å². The van der Waals surface area contributed by atoms with Gasteiger partial charge in [0.15, 0.2) is 0 Å². The molecule has 0 saturated heterocycles. The fraction of sp³-hybridized carbons (Fsp3) is 0.761. The van der Waals surface area contributed by atoms with Crippen LogP contribution in [0.2, 0.25) is 0 Å². The normalized spacial score (nSPS) is 24.0. The lowest BCUT2D eigenvalue weighted by Crippen LogP contribution is -2.64. The van der Waals surface area contributed by atoms with Crippen LogP contribution in [0.3, 0.4) is 0 Å². The molecule has 8 unspecified atom stereocenters. The van der Waals surface area contributed by atoms with Crippen molar-refractivity contribution in [3.63, 3.8) is 0 Å². The monoisotopic (exact) mass is 872 g/mol. The predicted octanol–water partition coefficient (Wildman–Crippen LogP) is 7.31. The Balaban J connectivity index is 2.65. The molecule has 8 atom stereocenters. The first-order valence-electron chi connectivity index (χ1n) is 22.8. The van der Waals surface area contributed by atoms with Gasteiger partial charge in [0.1, 0.15) is 36.6 Å². The standard InChI is InChI=1S/C46H82NO12P/c1-3-5-7-9-11-13-15-16-17-18-19-20-21-22-24-26-28-30-32-34-39(49)38(36-58-60(56,57)59-46-44(54)42(52)41(51)43(53)45(46)55)47-40(50)35-37(48)33-31-29-27-25-23-14-12-10-8-6-4-2/h19-20,24-27,31-34,37-39,41-46,48-49,51-55H,3-18,21-23,28-30,35-36H2,1-2H3,(H,47,50)(H,56,57)/b20-19+,26-24+,27-25-,33-31-,34-32+. The van der Waals surface area contributed by atoms with Crippen LogP contribution in [0.25, 0.3) is 0 Å². The van der Waals surface area contributed by atoms with Gasteiger partial charge in [0.25, 0.3) is 0 Å². The van der Waals surface area contributed by atoms with Gasteiger partial charge in [-0.25, -0.2) is 4.57 Å². The van der Waals surface area contributed by atoms with Gasteiger partial charge in [-0.1, -0.05) is 158 Å². The zero-order valence-corrected chi connectivity index (χ0v) is 37.5. The van der Waals surface area contributed by atoms with Crippen molar-refractivity contribution in [3.05, 3.63) is 60.8 Å². The van der Waals surface area contributed by atoms with Crippen molar-refractivity contribution >= 4 is 13.7 Å². The Morgan fingerprint density at radius 3 is 1.53 bits per heavy atom. The Hall–Kier alpha value is -2.00. The highest BCUT2D eigenvalue weighted by Crippen LogP contribution is 2.47. The molecule has 0 heterocycles. The number of carbonyl (C=O) groups is 1. The maximum absolute atomic E-state index is 12.9. The molecule has 0 aromatic heterocycles. The third-order valence-corrected chi connectivity index (χ3v) is 11.5. The fourth-order valence-electron chi connectivity index (χ4n) is 6.80. The lowest BCUT2D eigenvalue weighted by Gasteiger charge is -2.41. The van der Waals surface area contributed by atoms with E-state index in [1.54, 1.807) is 12.2 Å². The van der Waals surface area contributed by atoms with Gasteiger partial charge in [-0.2, -0.15) is 0 Å². The van der Waals surface area contributed by atoms with E-state index in [2.05, 4.69) is 43.5 Å². The zero-order chi connectivity index (χ0) is 44.4. The van der Waals surface area contributed by atoms with E-state index in [9.17, 15) is 50.0 Å². The zero-order valence-electron chi connectivity index (χ0n) is 36.6. The number of hydrogen-bond acceptors (Lipinski definition) is 11. The minimum absolute atomic E-state index is 0.365. The van der Waals surface area contributed by atoms with Gasteiger partial charge in [-0.3, -0.25) is 13.8 Å². The smallest absolute Gasteiger partial charge is 0.389 e. The molecular weight excluding hydrogens is 789 g/mol. The number of allylic oxidation sites excluding steroid dienone is 8. The van der Waals surface area contributed by atoms with Crippen LogP contribution in [0.4, 0.5) is 0 Å². The summed E-state index contributed by atoms with van der Waals surface area (Å²) < 4.78 is 22.8. The van der Waals surface area contributed by atoms with Crippen LogP contribution in [-0.2, 0) is 18.4 Å². The molecule has 0 aromatic carbocycles. The topological polar surface area (TPSA) is 226 Å². The summed E-state index contributed by atoms with van der Waals surface area (Å²) in [5.74, 6) is -0.677. The number of amides is 1. The molecule has 1 saturated carbocycles. The molecule has 0 aliphatic heterocycles. The third kappa shape index (κ3) is 27.1. The van der Waals surface area contributed by atoms with E-state index >= 15 is 0 Å². The number of aliphatic hydroxyl groups excluding tert-OH is 7. The molecule has 1 aliphatic carbocycles. The first-order valence-corrected chi connectivity index (χ1v) is 24.3. The number of phosphoric ester groups is 1. The van der Waals surface area contributed by atoms with Crippen molar-refractivity contribution in [1.29, 1.82) is 0 Å². The average Bonchev–Trinajstić information content (AvgIpc) is 3.22. The second-order valence-electron chi connectivity index (χ2n) is 16.1. The van der Waals surface area contributed by atoms with Crippen molar-refractivity contribution < 1.29 is 59.0 Å². The summed E-state index contributed by atoms with van der Waals surface area (Å²) in [6, 6.07) is -1.30. The number of phosphoric acid groups is 1. The molecule has 0 radical (unpaired) electrons. The second kappa shape index (κ2) is 35.5. The van der Waals surface area contributed by atoms with Gasteiger partial charge in [0.05, 0.1) is 31.3 Å². The lowest BCUT2D eigenvalue weighted by atomic mass is 9.85. The van der Waals surface area contributed by atoms with Crippen LogP contribution in [0.5, 0.6) is 0 Å². The number of carbonyl (C=O) groups excluding carboxylic acids is 1. The molecule has 0 spiro atoms. The van der Waals surface area contributed by atoms with Crippen LogP contribution >= 0.6 is 7.82 Å². The SMILES string of the molecule is CCCCCCCC/C=C\C/C=C\C(O)CC(=O)NC(COP(=O)(O)OC1C(O)C(O)C(O)C(O)C1O)C(O)/C=C/CC/C=C/CC/C=C/CCCCCCCCCCC. The molecule has 0 bridgehead atoms. The average molecular weight is 872 g/mol. The summed E-state index contributed by atoms with van der Waals surface area (Å²) in [5, 5.41) is 74.1. The summed E-state index contributed by atoms with van der Waals surface area (Å²) in [6.45, 7) is 3.66. The minimum Gasteiger partial charge on any atom is -0.389 e. The lowest BCUT2D eigenvalue weighted by molar-refractivity contribution is -0.220. The number of rotatable bonds is 36. The molecule has 1 fully saturated rings. The van der Waals surface area contributed by atoms with Gasteiger partial charge in [-0.15, -0.1) is 0 Å². The Morgan fingerprint density at radius 1 is 0.583 bits per heavy atom. The van der Waals surface area contributed by atoms with Crippen LogP contribution < -0.4 is 5.32 Å². The van der Waals surface area contributed by atoms with E-state index in [1.807, 2.05) is 12.2 Å². The summed E-state index contributed by atoms with van der Waals surface area (Å²) in [6.07, 6.45) is 29.2. The quantitative estimate of drug-likeness (QED) is 0.0172. The minimum atomic E-state index is -5.17. The van der Waals surface area contributed by atoms with Crippen molar-refractivity contribution in [2.75, 3.05) is 6.61 Å². The number of hydrogen-bond donors (Lipinski definition) is 9. The highest BCUT2D eigenvalue weighted by Gasteiger charge is 2.51. The van der Waals surface area contributed by atoms with Crippen LogP contribution in [0.15, 0.2) is 60.8 Å². The molecule has 0 aromatic rings. The molecule has 1 aliphatic rings. The Kier molecular flexibility index (Phi) is 33.1. The number of nitrogens with one attached hydrogen (secondary N) is 1. The molecule has 60 heavy (non-hydrogen) atoms. The highest BCUT2D eigenvalue weighted by atomic mass is 31.2. The Morgan fingerprint density at radius 2 is 1.02 bits per heavy atom. The van der Waals surface area contributed by atoms with Crippen molar-refractivity contribution in [1.82, 2.24) is 5.32 Å². The predicted molar refractivity (Wildman–Crippen MR) is 238 cm³/mol. The summed E-state index contributed by atoms with van der Waals surface area (Å²) in [7, 11) is -5.17. The van der Waals surface area contributed by atoms with Gasteiger partial charge in [0, 0.05) is 0 Å². The van der Waals surface area contributed by atoms with Gasteiger partial charge in [0.2, 0.25) is 5.91 Å². The molecule has 9 N–H and O–H groups in total. The van der Waals surface area contributed by atoms with E-state index < -0.39 is 75.2 Å². The first-order chi connectivity index (χ1) is 28.8. The molecule has 348 valence electrons. The van der Waals surface area contributed by atoms with Crippen LogP contribution in [0, 0.1) is 0 Å². The van der Waals surface area contributed by atoms with Crippen LogP contribution in [0.1, 0.15) is 162 Å². The van der Waals surface area contributed by atoms with Crippen molar-refractivity contribution in [3.8, 4) is 0 Å². The van der Waals surface area contributed by atoms with Gasteiger partial charge < -0.3 is 46.0 Å². The first kappa shape index (κ1) is 56.0. The summed E-state index contributed by atoms with van der Waals surface area (Å²) in [5.41, 5.74) is 0. The van der Waals surface area contributed by atoms with E-state index in [0.717, 1.165) is 32.1 Å². The fourth-order valence-corrected chi connectivity index (χ4v) is 7.77. The van der Waals surface area contributed by atoms with Gasteiger partial charge in [-0.05, 0) is 57.8 Å². The maximum atomic E-state index is 12.9. The maximum Gasteiger partial charge on any atom is 0.472 e. The third-order valence-electron chi connectivity index (χ3n) is 10.6. The Labute approximate surface area is 361 Å². The number of aliphatic hydroxyl groups is 7. The molecule has 14 heteroatoms. The summed E-state index contributed by atoms with van der Waals surface area (Å²) in [4.78, 5) is 23.3. The van der Waals surface area contributed by atoms with E-state index in [1.165, 1.54) is 102 Å². The number of unbranched alkanes of at least 4 members (excludes halogenated alkanes) is 17. The van der Waals surface area contributed by atoms with E-state index in [-0.39, 0.29) is 6.42 Å². The van der Waals surface area contributed by atoms with E-state index in [4.69, 9.17) is 9.05 Å². The Bertz CT molecular complexity index is 1260. The van der Waals surface area contributed by atoms with Gasteiger partial charge >= 0.3 is 7.82 Å². The van der Waals surface area contributed by atoms with Crippen molar-refractivity contribution in [2.24, 2.45) is 0 Å². The van der Waals surface area contributed by atoms with E-state index in [0.29, 0.717) is 19.3 Å². The van der Waals surface area contributed by atoms with Crippen LogP contribution in [-0.4, -0.2) is 108 Å². The highest BCUT2D eigenvalue weighted by molar-refractivity contribution is 7.47. The largest absolute Gasteiger partial charge is 0.472 e.